The van der Waals surface area contributed by atoms with Gasteiger partial charge in [0.2, 0.25) is 5.91 Å². The van der Waals surface area contributed by atoms with E-state index in [1.54, 1.807) is 11.9 Å². The largest absolute Gasteiger partial charge is 0.393 e. The molecule has 1 aliphatic heterocycles. The van der Waals surface area contributed by atoms with Gasteiger partial charge in [0.1, 0.15) is 0 Å². The van der Waals surface area contributed by atoms with Gasteiger partial charge in [-0.25, -0.2) is 0 Å². The second-order valence-electron chi connectivity index (χ2n) is 3.96. The minimum Gasteiger partial charge on any atom is -0.393 e. The fraction of sp³-hybridized carbons (Fsp3) is 0.900. The number of hydrogen-bond acceptors (Lipinski definition) is 3. The van der Waals surface area contributed by atoms with E-state index in [2.05, 4.69) is 5.32 Å². The van der Waals surface area contributed by atoms with Crippen LogP contribution in [0.15, 0.2) is 0 Å². The van der Waals surface area contributed by atoms with Gasteiger partial charge in [-0.1, -0.05) is 0 Å². The molecule has 4 nitrogen and oxygen atoms in total. The molecule has 1 amide bonds. The van der Waals surface area contributed by atoms with Crippen LogP contribution in [0.3, 0.4) is 0 Å². The van der Waals surface area contributed by atoms with Crippen LogP contribution in [0.2, 0.25) is 0 Å². The Hall–Kier alpha value is -0.680. The maximum absolute atomic E-state index is 12.2. The maximum atomic E-state index is 12.2. The number of rotatable bonds is 4. The zero-order valence-corrected chi connectivity index (χ0v) is 9.08. The predicted molar refractivity (Wildman–Crippen MR) is 55.2 cm³/mol. The zero-order valence-electron chi connectivity index (χ0n) is 9.08. The summed E-state index contributed by atoms with van der Waals surface area (Å²) < 4.78 is 12.2. The van der Waals surface area contributed by atoms with E-state index in [1.807, 2.05) is 0 Å². The fourth-order valence-electron chi connectivity index (χ4n) is 1.93. The predicted octanol–water partition coefficient (Wildman–Crippen LogP) is -0.225. The van der Waals surface area contributed by atoms with Crippen LogP contribution in [0.5, 0.6) is 0 Å². The van der Waals surface area contributed by atoms with Crippen molar-refractivity contribution in [1.29, 1.82) is 0 Å². The molecule has 0 aromatic rings. The fourth-order valence-corrected chi connectivity index (χ4v) is 1.93. The number of nitrogens with zero attached hydrogens (tertiary/aromatic N) is 1. The molecule has 5 heteroatoms. The summed E-state index contributed by atoms with van der Waals surface area (Å²) in [4.78, 5) is 13.2. The zero-order chi connectivity index (χ0) is 11.3. The first-order chi connectivity index (χ1) is 7.19. The highest BCUT2D eigenvalue weighted by Crippen LogP contribution is 2.20. The Morgan fingerprint density at radius 2 is 2.40 bits per heavy atom. The molecule has 1 fully saturated rings. The van der Waals surface area contributed by atoms with Crippen LogP contribution in [-0.4, -0.2) is 55.4 Å². The molecule has 2 N–H and O–H groups in total. The van der Waals surface area contributed by atoms with Crippen LogP contribution in [0.1, 0.15) is 12.8 Å². The highest BCUT2D eigenvalue weighted by atomic mass is 19.1. The molecular weight excluding hydrogens is 199 g/mol. The number of alkyl halides is 1. The van der Waals surface area contributed by atoms with Crippen LogP contribution in [0, 0.1) is 5.92 Å². The highest BCUT2D eigenvalue weighted by molar-refractivity contribution is 5.78. The molecule has 0 radical (unpaired) electrons. The number of carbonyl (C=O) groups is 1. The number of carbonyl (C=O) groups excluding carboxylic acids is 1. The van der Waals surface area contributed by atoms with E-state index < -0.39 is 12.8 Å². The number of likely N-dealkylation sites (tertiary alicyclic amines) is 1. The lowest BCUT2D eigenvalue weighted by Gasteiger charge is -2.35. The topological polar surface area (TPSA) is 52.6 Å². The lowest BCUT2D eigenvalue weighted by molar-refractivity contribution is -0.134. The van der Waals surface area contributed by atoms with Gasteiger partial charge in [-0.3, -0.25) is 9.18 Å². The third kappa shape index (κ3) is 3.43. The summed E-state index contributed by atoms with van der Waals surface area (Å²) in [6.07, 6.45) is 0.435. The lowest BCUT2D eigenvalue weighted by atomic mass is 9.92. The summed E-state index contributed by atoms with van der Waals surface area (Å²) in [5, 5.41) is 12.4. The first-order valence-electron chi connectivity index (χ1n) is 5.35. The number of hydrogen-bond donors (Lipinski definition) is 2. The van der Waals surface area contributed by atoms with Crippen LogP contribution in [-0.2, 0) is 4.79 Å². The van der Waals surface area contributed by atoms with E-state index in [1.165, 1.54) is 0 Å². The van der Waals surface area contributed by atoms with Crippen molar-refractivity contribution in [2.45, 2.75) is 18.9 Å². The van der Waals surface area contributed by atoms with Gasteiger partial charge in [-0.2, -0.15) is 0 Å². The van der Waals surface area contributed by atoms with Crippen LogP contribution in [0.4, 0.5) is 4.39 Å². The van der Waals surface area contributed by atoms with Crippen LogP contribution >= 0.6 is 0 Å². The average molecular weight is 218 g/mol. The summed E-state index contributed by atoms with van der Waals surface area (Å²) in [5.41, 5.74) is 0. The highest BCUT2D eigenvalue weighted by Gasteiger charge is 2.29. The van der Waals surface area contributed by atoms with Gasteiger partial charge < -0.3 is 15.3 Å². The Kier molecular flexibility index (Phi) is 4.98. The molecule has 0 aliphatic carbocycles. The molecule has 0 aromatic heterocycles. The molecule has 15 heavy (non-hydrogen) atoms. The normalized spacial score (nSPS) is 26.7. The standard InChI is InChI=1S/C10H19FN2O2/c1-12-6-10(15)13-5-3-9(14)8(7-13)2-4-11/h8-9,12,14H,2-7H2,1H3/t8-,9+/m1/s1. The van der Waals surface area contributed by atoms with Gasteiger partial charge in [0.15, 0.2) is 0 Å². The smallest absolute Gasteiger partial charge is 0.236 e. The minimum absolute atomic E-state index is 0.0215. The second kappa shape index (κ2) is 6.02. The van der Waals surface area contributed by atoms with Crippen molar-refractivity contribution in [3.8, 4) is 0 Å². The van der Waals surface area contributed by atoms with Crippen molar-refractivity contribution >= 4 is 5.91 Å². The van der Waals surface area contributed by atoms with Gasteiger partial charge in [0.05, 0.1) is 19.3 Å². The summed E-state index contributed by atoms with van der Waals surface area (Å²) in [6, 6.07) is 0. The van der Waals surface area contributed by atoms with Crippen molar-refractivity contribution < 1.29 is 14.3 Å². The van der Waals surface area contributed by atoms with Crippen molar-refractivity contribution in [2.75, 3.05) is 33.4 Å². The average Bonchev–Trinajstić information content (AvgIpc) is 2.22. The minimum atomic E-state index is -0.459. The molecule has 2 atom stereocenters. The van der Waals surface area contributed by atoms with E-state index in [0.717, 1.165) is 0 Å². The number of nitrogens with one attached hydrogen (secondary N) is 1. The van der Waals surface area contributed by atoms with Gasteiger partial charge in [0, 0.05) is 19.0 Å². The number of piperidine rings is 1. The van der Waals surface area contributed by atoms with Crippen molar-refractivity contribution in [2.24, 2.45) is 5.92 Å². The molecule has 1 saturated heterocycles. The molecular formula is C10H19FN2O2. The van der Waals surface area contributed by atoms with Gasteiger partial charge in [0.25, 0.3) is 0 Å². The molecule has 1 rings (SSSR count). The van der Waals surface area contributed by atoms with Gasteiger partial charge in [-0.05, 0) is 19.9 Å². The lowest BCUT2D eigenvalue weighted by Crippen LogP contribution is -2.48. The van der Waals surface area contributed by atoms with Gasteiger partial charge in [-0.15, -0.1) is 0 Å². The Bertz CT molecular complexity index is 214. The van der Waals surface area contributed by atoms with Crippen molar-refractivity contribution in [1.82, 2.24) is 10.2 Å². The second-order valence-corrected chi connectivity index (χ2v) is 3.96. The summed E-state index contributed by atoms with van der Waals surface area (Å²) in [5.74, 6) is -0.0854. The molecule has 0 spiro atoms. The van der Waals surface area contributed by atoms with E-state index in [4.69, 9.17) is 0 Å². The molecule has 88 valence electrons. The summed E-state index contributed by atoms with van der Waals surface area (Å²) in [6.45, 7) is 0.921. The van der Waals surface area contributed by atoms with Crippen LogP contribution < -0.4 is 5.32 Å². The number of aliphatic hydroxyl groups is 1. The van der Waals surface area contributed by atoms with Crippen LogP contribution in [0.25, 0.3) is 0 Å². The number of aliphatic hydroxyl groups excluding tert-OH is 1. The number of halogens is 1. The van der Waals surface area contributed by atoms with E-state index >= 15 is 0 Å². The maximum Gasteiger partial charge on any atom is 0.236 e. The Morgan fingerprint density at radius 1 is 1.67 bits per heavy atom. The first-order valence-corrected chi connectivity index (χ1v) is 5.35. The first kappa shape index (κ1) is 12.4. The monoisotopic (exact) mass is 218 g/mol. The number of likely N-dealkylation sites (N-methyl/N-ethyl adjacent to an activating group) is 1. The summed E-state index contributed by atoms with van der Waals surface area (Å²) >= 11 is 0. The van der Waals surface area contributed by atoms with E-state index in [9.17, 15) is 14.3 Å². The van der Waals surface area contributed by atoms with Crippen molar-refractivity contribution in [3.05, 3.63) is 0 Å². The summed E-state index contributed by atoms with van der Waals surface area (Å²) in [7, 11) is 1.72. The molecule has 0 saturated carbocycles. The third-order valence-corrected chi connectivity index (χ3v) is 2.85. The van der Waals surface area contributed by atoms with Gasteiger partial charge >= 0.3 is 0 Å². The molecule has 1 aliphatic rings. The number of amides is 1. The molecule has 0 unspecified atom stereocenters. The Morgan fingerprint density at radius 3 is 3.00 bits per heavy atom. The Balaban J connectivity index is 2.45. The molecule has 1 heterocycles. The van der Waals surface area contributed by atoms with Crippen molar-refractivity contribution in [3.63, 3.8) is 0 Å². The Labute approximate surface area is 89.4 Å². The quantitative estimate of drug-likeness (QED) is 0.685. The van der Waals surface area contributed by atoms with E-state index in [-0.39, 0.29) is 11.8 Å². The van der Waals surface area contributed by atoms with E-state index in [0.29, 0.717) is 32.5 Å². The third-order valence-electron chi connectivity index (χ3n) is 2.85. The SMILES string of the molecule is CNCC(=O)N1CC[C@H](O)[C@H](CCF)C1. The molecule has 0 aromatic carbocycles. The molecule has 0 bridgehead atoms.